The molecule has 3 rings (SSSR count). The fourth-order valence-electron chi connectivity index (χ4n) is 3.18. The molecule has 6 atom stereocenters. The Morgan fingerprint density at radius 3 is 2.60 bits per heavy atom. The third kappa shape index (κ3) is 2.81. The maximum Gasteiger partial charge on any atom is 0.167 e. The molecule has 3 heterocycles. The molecule has 0 unspecified atom stereocenters. The molecule has 2 aromatic heterocycles. The van der Waals surface area contributed by atoms with Crippen LogP contribution in [0.3, 0.4) is 0 Å². The lowest BCUT2D eigenvalue weighted by atomic mass is 9.90. The van der Waals surface area contributed by atoms with Crippen molar-refractivity contribution in [3.05, 3.63) is 23.2 Å². The van der Waals surface area contributed by atoms with Gasteiger partial charge in [-0.2, -0.15) is 0 Å². The van der Waals surface area contributed by atoms with Gasteiger partial charge in [-0.1, -0.05) is 11.6 Å². The van der Waals surface area contributed by atoms with Gasteiger partial charge in [-0.3, -0.25) is 0 Å². The van der Waals surface area contributed by atoms with Crippen LogP contribution < -0.4 is 0 Å². The van der Waals surface area contributed by atoms with Gasteiger partial charge in [0.1, 0.15) is 47.1 Å². The molecule has 9 nitrogen and oxygen atoms in total. The zero-order valence-corrected chi connectivity index (χ0v) is 14.4. The van der Waals surface area contributed by atoms with E-state index in [2.05, 4.69) is 9.97 Å². The number of aliphatic hydroxyl groups is 5. The van der Waals surface area contributed by atoms with Crippen LogP contribution in [0.5, 0.6) is 0 Å². The first-order chi connectivity index (χ1) is 11.7. The van der Waals surface area contributed by atoms with Gasteiger partial charge < -0.3 is 34.8 Å². The second-order valence-corrected chi connectivity index (χ2v) is 6.80. The first-order valence-electron chi connectivity index (χ1n) is 7.70. The Balaban J connectivity index is 2.19. The number of nitrogens with zero attached hydrogens (tertiary/aromatic N) is 3. The largest absolute Gasteiger partial charge is 0.394 e. The average molecular weight is 374 g/mol. The van der Waals surface area contributed by atoms with E-state index in [1.807, 2.05) is 0 Å². The molecule has 0 amide bonds. The van der Waals surface area contributed by atoms with E-state index in [0.29, 0.717) is 16.6 Å². The minimum Gasteiger partial charge on any atom is -0.394 e. The Hall–Kier alpha value is -1.33. The fourth-order valence-corrected chi connectivity index (χ4v) is 3.46. The molecule has 5 N–H and O–H groups in total. The Labute approximate surface area is 148 Å². The molecule has 10 heteroatoms. The first kappa shape index (κ1) is 18.5. The molecule has 0 aromatic carbocycles. The van der Waals surface area contributed by atoms with Crippen LogP contribution in [0.25, 0.3) is 11.0 Å². The summed E-state index contributed by atoms with van der Waals surface area (Å²) in [5.41, 5.74) is -0.946. The molecule has 0 saturated carbocycles. The number of hydrogen-bond acceptors (Lipinski definition) is 8. The zero-order valence-electron chi connectivity index (χ0n) is 13.6. The Kier molecular flexibility index (Phi) is 4.75. The highest BCUT2D eigenvalue weighted by Gasteiger charge is 2.52. The molecule has 1 saturated heterocycles. The standard InChI is InChI=1S/C15H20ClN3O6/c1-6-3-19(13-8(6)12(16)17-5-18-13)14-15(2,24)11(23)10(22)9(21)7(4-20)25-14/h3,5,7,9-11,14,20-24H,4H2,1-2H3/t7-,9-,10+,11-,14-,15-/m1/s1. The number of halogens is 1. The van der Waals surface area contributed by atoms with E-state index < -0.39 is 42.9 Å². The summed E-state index contributed by atoms with van der Waals surface area (Å²) in [6.07, 6.45) is -4.66. The molecular formula is C15H20ClN3O6. The monoisotopic (exact) mass is 373 g/mol. The Morgan fingerprint density at radius 1 is 1.28 bits per heavy atom. The first-order valence-corrected chi connectivity index (χ1v) is 8.08. The molecule has 0 aliphatic carbocycles. The van der Waals surface area contributed by atoms with Crippen molar-refractivity contribution in [2.45, 2.75) is 50.1 Å². The summed E-state index contributed by atoms with van der Waals surface area (Å²) in [4.78, 5) is 8.08. The van der Waals surface area contributed by atoms with Crippen LogP contribution in [0, 0.1) is 6.92 Å². The minimum atomic E-state index is -2.00. The van der Waals surface area contributed by atoms with Crippen molar-refractivity contribution >= 4 is 22.6 Å². The van der Waals surface area contributed by atoms with Gasteiger partial charge in [0, 0.05) is 6.20 Å². The third-order valence-corrected chi connectivity index (χ3v) is 4.93. The SMILES string of the molecule is Cc1cn([C@@H]2O[C@H](CO)[C@@H](O)[C@H](O)[C@@H](O)[C@@]2(C)O)c2ncnc(Cl)c12. The lowest BCUT2D eigenvalue weighted by molar-refractivity contribution is -0.197. The van der Waals surface area contributed by atoms with Gasteiger partial charge in [0.05, 0.1) is 12.0 Å². The number of hydrogen-bond donors (Lipinski definition) is 5. The van der Waals surface area contributed by atoms with Crippen LogP contribution in [-0.4, -0.2) is 76.7 Å². The zero-order chi connectivity index (χ0) is 18.5. The lowest BCUT2D eigenvalue weighted by Crippen LogP contribution is -2.53. The molecule has 0 radical (unpaired) electrons. The number of ether oxygens (including phenoxy) is 1. The minimum absolute atomic E-state index is 0.217. The van der Waals surface area contributed by atoms with E-state index in [0.717, 1.165) is 0 Å². The smallest absolute Gasteiger partial charge is 0.167 e. The second kappa shape index (κ2) is 6.44. The maximum absolute atomic E-state index is 10.9. The van der Waals surface area contributed by atoms with E-state index in [1.54, 1.807) is 13.1 Å². The molecule has 1 fully saturated rings. The van der Waals surface area contributed by atoms with E-state index in [1.165, 1.54) is 17.8 Å². The molecule has 0 spiro atoms. The van der Waals surface area contributed by atoms with E-state index in [4.69, 9.17) is 16.3 Å². The van der Waals surface area contributed by atoms with Crippen LogP contribution in [0.1, 0.15) is 18.7 Å². The number of fused-ring (bicyclic) bond motifs is 1. The van der Waals surface area contributed by atoms with Gasteiger partial charge in [-0.15, -0.1) is 0 Å². The summed E-state index contributed by atoms with van der Waals surface area (Å²) >= 11 is 6.11. The Morgan fingerprint density at radius 2 is 1.96 bits per heavy atom. The number of aromatic nitrogens is 3. The van der Waals surface area contributed by atoms with Crippen LogP contribution in [0.15, 0.2) is 12.5 Å². The van der Waals surface area contributed by atoms with Gasteiger partial charge in [0.2, 0.25) is 0 Å². The van der Waals surface area contributed by atoms with Crippen molar-refractivity contribution < 1.29 is 30.3 Å². The van der Waals surface area contributed by atoms with Crippen molar-refractivity contribution in [3.8, 4) is 0 Å². The van der Waals surface area contributed by atoms with Crippen molar-refractivity contribution in [2.75, 3.05) is 6.61 Å². The van der Waals surface area contributed by atoms with E-state index in [-0.39, 0.29) is 5.15 Å². The average Bonchev–Trinajstić information content (AvgIpc) is 2.88. The summed E-state index contributed by atoms with van der Waals surface area (Å²) in [6, 6.07) is 0. The van der Waals surface area contributed by atoms with Crippen molar-refractivity contribution in [1.29, 1.82) is 0 Å². The highest BCUT2D eigenvalue weighted by molar-refractivity contribution is 6.34. The van der Waals surface area contributed by atoms with Crippen LogP contribution in [0.4, 0.5) is 0 Å². The maximum atomic E-state index is 10.9. The quantitative estimate of drug-likeness (QED) is 0.427. The van der Waals surface area contributed by atoms with Crippen LogP contribution >= 0.6 is 11.6 Å². The third-order valence-electron chi connectivity index (χ3n) is 4.64. The van der Waals surface area contributed by atoms with Gasteiger partial charge in [-0.05, 0) is 19.4 Å². The van der Waals surface area contributed by atoms with Crippen molar-refractivity contribution in [1.82, 2.24) is 14.5 Å². The van der Waals surface area contributed by atoms with Crippen LogP contribution in [0.2, 0.25) is 5.15 Å². The molecule has 1 aliphatic rings. The normalized spacial score (nSPS) is 36.6. The topological polar surface area (TPSA) is 141 Å². The summed E-state index contributed by atoms with van der Waals surface area (Å²) in [6.45, 7) is 2.41. The summed E-state index contributed by atoms with van der Waals surface area (Å²) in [5, 5.41) is 51.6. The Bertz CT molecular complexity index is 782. The summed E-state index contributed by atoms with van der Waals surface area (Å²) in [7, 11) is 0. The van der Waals surface area contributed by atoms with E-state index >= 15 is 0 Å². The number of aliphatic hydroxyl groups excluding tert-OH is 4. The molecule has 2 aromatic rings. The van der Waals surface area contributed by atoms with E-state index in [9.17, 15) is 25.5 Å². The molecule has 1 aliphatic heterocycles. The van der Waals surface area contributed by atoms with Gasteiger partial charge in [0.15, 0.2) is 6.23 Å². The molecule has 138 valence electrons. The number of aryl methyl sites for hydroxylation is 1. The van der Waals surface area contributed by atoms with Gasteiger partial charge in [0.25, 0.3) is 0 Å². The molecular weight excluding hydrogens is 354 g/mol. The molecule has 25 heavy (non-hydrogen) atoms. The van der Waals surface area contributed by atoms with Gasteiger partial charge in [-0.25, -0.2) is 9.97 Å². The van der Waals surface area contributed by atoms with Crippen LogP contribution in [-0.2, 0) is 4.74 Å². The van der Waals surface area contributed by atoms with Crippen molar-refractivity contribution in [2.24, 2.45) is 0 Å². The van der Waals surface area contributed by atoms with Gasteiger partial charge >= 0.3 is 0 Å². The van der Waals surface area contributed by atoms with Crippen molar-refractivity contribution in [3.63, 3.8) is 0 Å². The predicted molar refractivity (Wildman–Crippen MR) is 86.9 cm³/mol. The highest BCUT2D eigenvalue weighted by atomic mass is 35.5. The number of rotatable bonds is 2. The summed E-state index contributed by atoms with van der Waals surface area (Å²) in [5.74, 6) is 0. The summed E-state index contributed by atoms with van der Waals surface area (Å²) < 4.78 is 7.11. The second-order valence-electron chi connectivity index (χ2n) is 6.44. The predicted octanol–water partition coefficient (Wildman–Crippen LogP) is -0.883. The highest BCUT2D eigenvalue weighted by Crippen LogP contribution is 2.38. The fraction of sp³-hybridized carbons (Fsp3) is 0.600. The molecule has 0 bridgehead atoms. The lowest BCUT2D eigenvalue weighted by Gasteiger charge is -2.36.